The Labute approximate surface area is 147 Å². The molecule has 0 spiro atoms. The van der Waals surface area contributed by atoms with Crippen LogP contribution in [0.2, 0.25) is 0 Å². The molecule has 2 aliphatic heterocycles. The lowest BCUT2D eigenvalue weighted by Crippen LogP contribution is -2.26. The molecule has 130 valence electrons. The number of benzene rings is 2. The highest BCUT2D eigenvalue weighted by Gasteiger charge is 2.17. The summed E-state index contributed by atoms with van der Waals surface area (Å²) in [4.78, 5) is 14.9. The molecule has 1 saturated heterocycles. The number of amides is 1. The third kappa shape index (κ3) is 3.46. The number of carbonyl (C=O) groups excluding carboxylic acids is 1. The number of para-hydroxylation sites is 1. The number of fused-ring (bicyclic) bond motifs is 1. The van der Waals surface area contributed by atoms with Gasteiger partial charge >= 0.3 is 0 Å². The maximum Gasteiger partial charge on any atom is 0.251 e. The fraction of sp³-hybridized carbons (Fsp3) is 0.350. The van der Waals surface area contributed by atoms with E-state index >= 15 is 0 Å². The molecule has 1 amide bonds. The van der Waals surface area contributed by atoms with Crippen molar-refractivity contribution in [1.29, 1.82) is 0 Å². The van der Waals surface area contributed by atoms with Crippen molar-refractivity contribution in [2.45, 2.75) is 26.0 Å². The summed E-state index contributed by atoms with van der Waals surface area (Å²) in [6.07, 6.45) is 2.47. The highest BCUT2D eigenvalue weighted by Crippen LogP contribution is 2.26. The van der Waals surface area contributed by atoms with Crippen LogP contribution in [0.4, 0.5) is 5.69 Å². The van der Waals surface area contributed by atoms with E-state index in [1.807, 2.05) is 18.2 Å². The third-order valence-corrected chi connectivity index (χ3v) is 4.76. The summed E-state index contributed by atoms with van der Waals surface area (Å²) >= 11 is 0. The van der Waals surface area contributed by atoms with Crippen LogP contribution in [0.3, 0.4) is 0 Å². The minimum atomic E-state index is -0.0791. The first-order chi connectivity index (χ1) is 12.3. The van der Waals surface area contributed by atoms with E-state index in [2.05, 4.69) is 28.4 Å². The van der Waals surface area contributed by atoms with Crippen LogP contribution in [0.15, 0.2) is 42.5 Å². The Morgan fingerprint density at radius 1 is 1.12 bits per heavy atom. The Morgan fingerprint density at radius 3 is 2.84 bits per heavy atom. The van der Waals surface area contributed by atoms with Crippen LogP contribution in [-0.4, -0.2) is 25.8 Å². The SMILES string of the molecule is O=C(NCc1ccccc1N1CCCC1)c1ccc2c(c1)COCO2. The molecule has 2 aliphatic rings. The van der Waals surface area contributed by atoms with Gasteiger partial charge in [-0.1, -0.05) is 18.2 Å². The monoisotopic (exact) mass is 338 g/mol. The van der Waals surface area contributed by atoms with Crippen molar-refractivity contribution in [2.24, 2.45) is 0 Å². The number of nitrogens with one attached hydrogen (secondary N) is 1. The lowest BCUT2D eigenvalue weighted by Gasteiger charge is -2.21. The van der Waals surface area contributed by atoms with Crippen LogP contribution in [0.5, 0.6) is 5.75 Å². The quantitative estimate of drug-likeness (QED) is 0.931. The van der Waals surface area contributed by atoms with Gasteiger partial charge in [0.05, 0.1) is 6.61 Å². The van der Waals surface area contributed by atoms with E-state index in [4.69, 9.17) is 9.47 Å². The van der Waals surface area contributed by atoms with Gasteiger partial charge in [0, 0.05) is 36.4 Å². The van der Waals surface area contributed by atoms with Gasteiger partial charge in [-0.05, 0) is 42.7 Å². The van der Waals surface area contributed by atoms with Gasteiger partial charge in [0.25, 0.3) is 5.91 Å². The molecule has 2 aromatic carbocycles. The van der Waals surface area contributed by atoms with Crippen LogP contribution in [0.1, 0.15) is 34.3 Å². The lowest BCUT2D eigenvalue weighted by atomic mass is 10.1. The molecule has 0 saturated carbocycles. The fourth-order valence-electron chi connectivity index (χ4n) is 3.44. The summed E-state index contributed by atoms with van der Waals surface area (Å²) in [5.74, 6) is 0.715. The molecule has 0 atom stereocenters. The number of carbonyl (C=O) groups is 1. The summed E-state index contributed by atoms with van der Waals surface area (Å²) in [6.45, 7) is 3.46. The van der Waals surface area contributed by atoms with Gasteiger partial charge in [-0.2, -0.15) is 0 Å². The van der Waals surface area contributed by atoms with Crippen LogP contribution in [0.25, 0.3) is 0 Å². The predicted molar refractivity (Wildman–Crippen MR) is 95.8 cm³/mol. The Kier molecular flexibility index (Phi) is 4.57. The van der Waals surface area contributed by atoms with Crippen LogP contribution in [-0.2, 0) is 17.9 Å². The lowest BCUT2D eigenvalue weighted by molar-refractivity contribution is -0.0163. The van der Waals surface area contributed by atoms with Gasteiger partial charge in [0.1, 0.15) is 5.75 Å². The van der Waals surface area contributed by atoms with Crippen molar-refractivity contribution < 1.29 is 14.3 Å². The van der Waals surface area contributed by atoms with Crippen LogP contribution in [0, 0.1) is 0 Å². The van der Waals surface area contributed by atoms with Gasteiger partial charge in [-0.3, -0.25) is 4.79 Å². The summed E-state index contributed by atoms with van der Waals surface area (Å²) in [6, 6.07) is 13.8. The largest absolute Gasteiger partial charge is 0.467 e. The van der Waals surface area contributed by atoms with E-state index in [0.29, 0.717) is 18.7 Å². The average Bonchev–Trinajstić information content (AvgIpc) is 3.20. The number of nitrogens with zero attached hydrogens (tertiary/aromatic N) is 1. The number of ether oxygens (including phenoxy) is 2. The van der Waals surface area contributed by atoms with Crippen molar-refractivity contribution in [2.75, 3.05) is 24.8 Å². The molecule has 25 heavy (non-hydrogen) atoms. The van der Waals surface area contributed by atoms with Crippen molar-refractivity contribution in [3.63, 3.8) is 0 Å². The second kappa shape index (κ2) is 7.15. The van der Waals surface area contributed by atoms with Gasteiger partial charge in [-0.25, -0.2) is 0 Å². The number of anilines is 1. The molecule has 1 fully saturated rings. The van der Waals surface area contributed by atoms with Gasteiger partial charge in [0.2, 0.25) is 0 Å². The smallest absolute Gasteiger partial charge is 0.251 e. The fourth-order valence-corrected chi connectivity index (χ4v) is 3.44. The second-order valence-electron chi connectivity index (χ2n) is 6.44. The standard InChI is InChI=1S/C20H22N2O3/c23-20(15-7-8-19-17(11-15)13-24-14-25-19)21-12-16-5-1-2-6-18(16)22-9-3-4-10-22/h1-2,5-8,11H,3-4,9-10,12-14H2,(H,21,23). The molecular formula is C20H22N2O3. The average molecular weight is 338 g/mol. The second-order valence-corrected chi connectivity index (χ2v) is 6.44. The van der Waals surface area contributed by atoms with Crippen molar-refractivity contribution >= 4 is 11.6 Å². The summed E-state index contributed by atoms with van der Waals surface area (Å²) in [5, 5.41) is 3.04. The molecular weight excluding hydrogens is 316 g/mol. The minimum absolute atomic E-state index is 0.0791. The van der Waals surface area contributed by atoms with E-state index in [9.17, 15) is 4.79 Å². The highest BCUT2D eigenvalue weighted by atomic mass is 16.7. The topological polar surface area (TPSA) is 50.8 Å². The first kappa shape index (κ1) is 16.0. The molecule has 5 nitrogen and oxygen atoms in total. The van der Waals surface area contributed by atoms with E-state index < -0.39 is 0 Å². The maximum absolute atomic E-state index is 12.5. The van der Waals surface area contributed by atoms with Crippen LogP contribution >= 0.6 is 0 Å². The van der Waals surface area contributed by atoms with Gasteiger partial charge < -0.3 is 19.7 Å². The molecule has 0 radical (unpaired) electrons. The molecule has 1 N–H and O–H groups in total. The molecule has 0 unspecified atom stereocenters. The summed E-state index contributed by atoms with van der Waals surface area (Å²) in [7, 11) is 0. The van der Waals surface area contributed by atoms with E-state index in [-0.39, 0.29) is 12.7 Å². The first-order valence-corrected chi connectivity index (χ1v) is 8.76. The number of hydrogen-bond acceptors (Lipinski definition) is 4. The van der Waals surface area contributed by atoms with Crippen molar-refractivity contribution in [1.82, 2.24) is 5.32 Å². The highest BCUT2D eigenvalue weighted by molar-refractivity contribution is 5.94. The zero-order valence-corrected chi connectivity index (χ0v) is 14.2. The third-order valence-electron chi connectivity index (χ3n) is 4.76. The normalized spacial score (nSPS) is 16.2. The zero-order valence-electron chi connectivity index (χ0n) is 14.2. The van der Waals surface area contributed by atoms with E-state index in [0.717, 1.165) is 30.0 Å². The van der Waals surface area contributed by atoms with Crippen molar-refractivity contribution in [3.05, 3.63) is 59.2 Å². The molecule has 0 bridgehead atoms. The Balaban J connectivity index is 1.45. The number of hydrogen-bond donors (Lipinski definition) is 1. The first-order valence-electron chi connectivity index (χ1n) is 8.76. The van der Waals surface area contributed by atoms with E-state index in [1.54, 1.807) is 6.07 Å². The minimum Gasteiger partial charge on any atom is -0.467 e. The van der Waals surface area contributed by atoms with Crippen molar-refractivity contribution in [3.8, 4) is 5.75 Å². The van der Waals surface area contributed by atoms with Crippen LogP contribution < -0.4 is 15.0 Å². The molecule has 2 aromatic rings. The molecule has 4 rings (SSSR count). The van der Waals surface area contributed by atoms with E-state index in [1.165, 1.54) is 18.5 Å². The van der Waals surface area contributed by atoms with Gasteiger partial charge in [0.15, 0.2) is 6.79 Å². The summed E-state index contributed by atoms with van der Waals surface area (Å²) < 4.78 is 10.7. The summed E-state index contributed by atoms with van der Waals surface area (Å²) in [5.41, 5.74) is 3.93. The Morgan fingerprint density at radius 2 is 1.96 bits per heavy atom. The molecule has 5 heteroatoms. The Bertz CT molecular complexity index is 769. The molecule has 0 aromatic heterocycles. The Hall–Kier alpha value is -2.53. The predicted octanol–water partition coefficient (Wildman–Crippen LogP) is 3.08. The molecule has 2 heterocycles. The number of rotatable bonds is 4. The maximum atomic E-state index is 12.5. The molecule has 0 aliphatic carbocycles. The zero-order chi connectivity index (χ0) is 17.1. The van der Waals surface area contributed by atoms with Gasteiger partial charge in [-0.15, -0.1) is 0 Å².